The highest BCUT2D eigenvalue weighted by Gasteiger charge is 2.31. The summed E-state index contributed by atoms with van der Waals surface area (Å²) >= 11 is 0. The van der Waals surface area contributed by atoms with E-state index < -0.39 is 0 Å². The monoisotopic (exact) mass is 228 g/mol. The molecular formula is C11H20N2O3. The van der Waals surface area contributed by atoms with Gasteiger partial charge in [0.15, 0.2) is 0 Å². The zero-order valence-corrected chi connectivity index (χ0v) is 10.2. The fraction of sp³-hybridized carbons (Fsp3) is 0.818. The van der Waals surface area contributed by atoms with Gasteiger partial charge in [-0.25, -0.2) is 0 Å². The lowest BCUT2D eigenvalue weighted by Gasteiger charge is -2.27. The van der Waals surface area contributed by atoms with Crippen LogP contribution in [0.3, 0.4) is 0 Å². The van der Waals surface area contributed by atoms with E-state index in [2.05, 4.69) is 10.1 Å². The quantitative estimate of drug-likeness (QED) is 0.673. The van der Waals surface area contributed by atoms with Crippen molar-refractivity contribution in [2.24, 2.45) is 5.92 Å². The van der Waals surface area contributed by atoms with Crippen LogP contribution in [0.5, 0.6) is 0 Å². The number of ether oxygens (including phenoxy) is 1. The van der Waals surface area contributed by atoms with Crippen LogP contribution in [0.1, 0.15) is 20.3 Å². The largest absolute Gasteiger partial charge is 0.469 e. The Balaban J connectivity index is 2.54. The number of methoxy groups -OCH3 is 1. The molecule has 92 valence electrons. The maximum Gasteiger partial charge on any atom is 0.309 e. The Bertz CT molecular complexity index is 268. The molecule has 0 spiro atoms. The van der Waals surface area contributed by atoms with Crippen LogP contribution in [-0.2, 0) is 14.3 Å². The van der Waals surface area contributed by atoms with E-state index in [0.717, 1.165) is 19.5 Å². The summed E-state index contributed by atoms with van der Waals surface area (Å²) in [5, 5.41) is 2.80. The lowest BCUT2D eigenvalue weighted by atomic mass is 10.1. The molecule has 0 aromatic carbocycles. The zero-order chi connectivity index (χ0) is 12.1. The van der Waals surface area contributed by atoms with E-state index in [0.29, 0.717) is 6.54 Å². The van der Waals surface area contributed by atoms with Crippen LogP contribution < -0.4 is 5.32 Å². The number of likely N-dealkylation sites (N-methyl/N-ethyl adjacent to an activating group) is 1. The molecule has 1 aliphatic heterocycles. The van der Waals surface area contributed by atoms with E-state index in [1.807, 2.05) is 18.7 Å². The van der Waals surface area contributed by atoms with Crippen molar-refractivity contribution in [1.29, 1.82) is 0 Å². The van der Waals surface area contributed by atoms with Crippen LogP contribution in [0.2, 0.25) is 0 Å². The SMILES string of the molecule is CCN(CC(C)C(=O)OC)C1CCNC1=O. The number of hydrogen-bond donors (Lipinski definition) is 1. The Morgan fingerprint density at radius 1 is 1.69 bits per heavy atom. The fourth-order valence-electron chi connectivity index (χ4n) is 2.03. The van der Waals surface area contributed by atoms with E-state index in [1.54, 1.807) is 0 Å². The third-order valence-corrected chi connectivity index (χ3v) is 2.98. The second kappa shape index (κ2) is 5.84. The summed E-state index contributed by atoms with van der Waals surface area (Å²) < 4.78 is 4.68. The molecule has 0 radical (unpaired) electrons. The Labute approximate surface area is 96.1 Å². The Morgan fingerprint density at radius 3 is 2.81 bits per heavy atom. The second-order valence-electron chi connectivity index (χ2n) is 4.11. The van der Waals surface area contributed by atoms with Gasteiger partial charge in [-0.3, -0.25) is 14.5 Å². The van der Waals surface area contributed by atoms with Crippen molar-refractivity contribution >= 4 is 11.9 Å². The number of rotatable bonds is 5. The van der Waals surface area contributed by atoms with Crippen LogP contribution >= 0.6 is 0 Å². The van der Waals surface area contributed by atoms with Crippen molar-refractivity contribution in [3.63, 3.8) is 0 Å². The zero-order valence-electron chi connectivity index (χ0n) is 10.2. The standard InChI is InChI=1S/C11H20N2O3/c1-4-13(7-8(2)11(15)16-3)9-5-6-12-10(9)14/h8-9H,4-7H2,1-3H3,(H,12,14). The maximum atomic E-state index is 11.5. The molecule has 1 rings (SSSR count). The molecule has 1 heterocycles. The molecule has 0 aromatic heterocycles. The van der Waals surface area contributed by atoms with E-state index in [1.165, 1.54) is 7.11 Å². The van der Waals surface area contributed by atoms with E-state index in [4.69, 9.17) is 0 Å². The number of carbonyl (C=O) groups excluding carboxylic acids is 2. The number of hydrogen-bond acceptors (Lipinski definition) is 4. The third-order valence-electron chi connectivity index (χ3n) is 2.98. The van der Waals surface area contributed by atoms with Crippen LogP contribution in [0.15, 0.2) is 0 Å². The molecule has 0 saturated carbocycles. The van der Waals surface area contributed by atoms with Gasteiger partial charge in [0.25, 0.3) is 0 Å². The number of nitrogens with one attached hydrogen (secondary N) is 1. The molecule has 0 bridgehead atoms. The highest BCUT2D eigenvalue weighted by molar-refractivity contribution is 5.83. The fourth-order valence-corrected chi connectivity index (χ4v) is 2.03. The first-order chi connectivity index (χ1) is 7.60. The summed E-state index contributed by atoms with van der Waals surface area (Å²) in [7, 11) is 1.39. The van der Waals surface area contributed by atoms with Crippen LogP contribution in [0.25, 0.3) is 0 Å². The summed E-state index contributed by atoms with van der Waals surface area (Å²) in [5.41, 5.74) is 0. The third kappa shape index (κ3) is 2.95. The Morgan fingerprint density at radius 2 is 2.38 bits per heavy atom. The van der Waals surface area contributed by atoms with E-state index >= 15 is 0 Å². The summed E-state index contributed by atoms with van der Waals surface area (Å²) in [6, 6.07) is -0.0860. The molecule has 1 aliphatic rings. The Hall–Kier alpha value is -1.10. The smallest absolute Gasteiger partial charge is 0.309 e. The van der Waals surface area contributed by atoms with Crippen molar-refractivity contribution in [2.75, 3.05) is 26.7 Å². The first kappa shape index (κ1) is 13.0. The molecule has 1 amide bonds. The van der Waals surface area contributed by atoms with Crippen molar-refractivity contribution in [1.82, 2.24) is 10.2 Å². The minimum Gasteiger partial charge on any atom is -0.469 e. The van der Waals surface area contributed by atoms with Crippen molar-refractivity contribution in [2.45, 2.75) is 26.3 Å². The highest BCUT2D eigenvalue weighted by atomic mass is 16.5. The average Bonchev–Trinajstić information content (AvgIpc) is 2.70. The summed E-state index contributed by atoms with van der Waals surface area (Å²) in [6.07, 6.45) is 0.820. The van der Waals surface area contributed by atoms with Crippen molar-refractivity contribution < 1.29 is 14.3 Å². The predicted molar refractivity (Wildman–Crippen MR) is 59.8 cm³/mol. The molecule has 1 fully saturated rings. The topological polar surface area (TPSA) is 58.6 Å². The molecule has 1 saturated heterocycles. The molecule has 5 heteroatoms. The van der Waals surface area contributed by atoms with E-state index in [-0.39, 0.29) is 23.8 Å². The number of esters is 1. The first-order valence-electron chi connectivity index (χ1n) is 5.69. The molecule has 2 atom stereocenters. The van der Waals surface area contributed by atoms with Crippen molar-refractivity contribution in [3.05, 3.63) is 0 Å². The minimum atomic E-state index is -0.225. The normalized spacial score (nSPS) is 22.0. The Kier molecular flexibility index (Phi) is 4.73. The summed E-state index contributed by atoms with van der Waals surface area (Å²) in [4.78, 5) is 24.9. The molecule has 5 nitrogen and oxygen atoms in total. The average molecular weight is 228 g/mol. The molecular weight excluding hydrogens is 208 g/mol. The first-order valence-corrected chi connectivity index (χ1v) is 5.69. The second-order valence-corrected chi connectivity index (χ2v) is 4.11. The van der Waals surface area contributed by atoms with Gasteiger partial charge in [-0.2, -0.15) is 0 Å². The van der Waals surface area contributed by atoms with Crippen LogP contribution in [0.4, 0.5) is 0 Å². The number of nitrogens with zero attached hydrogens (tertiary/aromatic N) is 1. The van der Waals surface area contributed by atoms with Gasteiger partial charge < -0.3 is 10.1 Å². The predicted octanol–water partition coefficient (Wildman–Crippen LogP) is 0.00590. The van der Waals surface area contributed by atoms with Gasteiger partial charge in [0.2, 0.25) is 5.91 Å². The van der Waals surface area contributed by atoms with Gasteiger partial charge >= 0.3 is 5.97 Å². The van der Waals surface area contributed by atoms with Crippen LogP contribution in [0, 0.1) is 5.92 Å². The van der Waals surface area contributed by atoms with Gasteiger partial charge in [-0.15, -0.1) is 0 Å². The van der Waals surface area contributed by atoms with Crippen LogP contribution in [-0.4, -0.2) is 49.6 Å². The van der Waals surface area contributed by atoms with Gasteiger partial charge in [-0.05, 0) is 13.0 Å². The van der Waals surface area contributed by atoms with Crippen molar-refractivity contribution in [3.8, 4) is 0 Å². The molecule has 0 aromatic rings. The van der Waals surface area contributed by atoms with Gasteiger partial charge in [0.05, 0.1) is 19.1 Å². The molecule has 0 aliphatic carbocycles. The number of carbonyl (C=O) groups is 2. The molecule has 16 heavy (non-hydrogen) atoms. The molecule has 1 N–H and O–H groups in total. The van der Waals surface area contributed by atoms with Gasteiger partial charge in [-0.1, -0.05) is 13.8 Å². The highest BCUT2D eigenvalue weighted by Crippen LogP contribution is 2.12. The maximum absolute atomic E-state index is 11.5. The van der Waals surface area contributed by atoms with E-state index in [9.17, 15) is 9.59 Å². The summed E-state index contributed by atoms with van der Waals surface area (Å²) in [6.45, 7) is 5.88. The van der Waals surface area contributed by atoms with Gasteiger partial charge in [0, 0.05) is 13.1 Å². The summed E-state index contributed by atoms with van der Waals surface area (Å²) in [5.74, 6) is -0.353. The lowest BCUT2D eigenvalue weighted by Crippen LogP contribution is -2.43. The van der Waals surface area contributed by atoms with Gasteiger partial charge in [0.1, 0.15) is 0 Å². The number of amides is 1. The lowest BCUT2D eigenvalue weighted by molar-refractivity contribution is -0.146. The minimum absolute atomic E-state index is 0.0684. The molecule has 2 unspecified atom stereocenters.